The summed E-state index contributed by atoms with van der Waals surface area (Å²) in [5, 5.41) is 2.93. The van der Waals surface area contributed by atoms with Crippen LogP contribution in [0.3, 0.4) is 0 Å². The SMILES string of the molecule is CCOc1ccccc1OCC(=O)N(CC(=O)Nc1cccc(C)c1C)C[C@@H]1CCCO1. The van der Waals surface area contributed by atoms with Crippen LogP contribution in [0.5, 0.6) is 11.5 Å². The summed E-state index contributed by atoms with van der Waals surface area (Å²) in [6.45, 7) is 7.13. The van der Waals surface area contributed by atoms with E-state index in [9.17, 15) is 9.59 Å². The van der Waals surface area contributed by atoms with Crippen LogP contribution in [0, 0.1) is 13.8 Å². The van der Waals surface area contributed by atoms with Crippen molar-refractivity contribution < 1.29 is 23.8 Å². The van der Waals surface area contributed by atoms with E-state index in [1.807, 2.05) is 51.1 Å². The van der Waals surface area contributed by atoms with Crippen molar-refractivity contribution in [3.05, 3.63) is 53.6 Å². The second kappa shape index (κ2) is 11.5. The molecule has 2 amide bonds. The lowest BCUT2D eigenvalue weighted by atomic mass is 10.1. The van der Waals surface area contributed by atoms with Gasteiger partial charge in [-0.1, -0.05) is 24.3 Å². The summed E-state index contributed by atoms with van der Waals surface area (Å²) in [4.78, 5) is 27.3. The molecule has 1 fully saturated rings. The Morgan fingerprint density at radius 3 is 2.53 bits per heavy atom. The number of anilines is 1. The average molecular weight is 441 g/mol. The lowest BCUT2D eigenvalue weighted by molar-refractivity contribution is -0.138. The van der Waals surface area contributed by atoms with Crippen LogP contribution in [0.4, 0.5) is 5.69 Å². The number of rotatable bonds is 10. The summed E-state index contributed by atoms with van der Waals surface area (Å²) < 4.78 is 17.0. The summed E-state index contributed by atoms with van der Waals surface area (Å²) in [7, 11) is 0. The second-order valence-corrected chi connectivity index (χ2v) is 7.87. The van der Waals surface area contributed by atoms with Gasteiger partial charge in [0.2, 0.25) is 5.91 Å². The highest BCUT2D eigenvalue weighted by atomic mass is 16.5. The normalized spacial score (nSPS) is 15.3. The maximum atomic E-state index is 13.0. The molecule has 0 bridgehead atoms. The molecule has 0 unspecified atom stereocenters. The summed E-state index contributed by atoms with van der Waals surface area (Å²) in [6, 6.07) is 13.0. The summed E-state index contributed by atoms with van der Waals surface area (Å²) in [6.07, 6.45) is 1.76. The molecule has 0 aromatic heterocycles. The molecule has 1 atom stereocenters. The Balaban J connectivity index is 1.65. The summed E-state index contributed by atoms with van der Waals surface area (Å²) in [5.74, 6) is 0.559. The van der Waals surface area contributed by atoms with Gasteiger partial charge >= 0.3 is 0 Å². The van der Waals surface area contributed by atoms with Crippen LogP contribution in [0.25, 0.3) is 0 Å². The van der Waals surface area contributed by atoms with Crippen molar-refractivity contribution in [3.8, 4) is 11.5 Å². The van der Waals surface area contributed by atoms with E-state index in [2.05, 4.69) is 5.32 Å². The number of nitrogens with zero attached hydrogens (tertiary/aromatic N) is 1. The van der Waals surface area contributed by atoms with Gasteiger partial charge in [-0.25, -0.2) is 0 Å². The van der Waals surface area contributed by atoms with Gasteiger partial charge in [0.1, 0.15) is 6.54 Å². The van der Waals surface area contributed by atoms with Gasteiger partial charge in [0.25, 0.3) is 5.91 Å². The number of para-hydroxylation sites is 2. The molecule has 1 aliphatic rings. The molecule has 7 heteroatoms. The van der Waals surface area contributed by atoms with Crippen LogP contribution in [0.1, 0.15) is 30.9 Å². The molecule has 32 heavy (non-hydrogen) atoms. The van der Waals surface area contributed by atoms with E-state index < -0.39 is 0 Å². The third-order valence-electron chi connectivity index (χ3n) is 5.51. The number of benzene rings is 2. The molecule has 0 aliphatic carbocycles. The molecule has 1 N–H and O–H groups in total. The molecule has 0 saturated carbocycles. The van der Waals surface area contributed by atoms with Crippen LogP contribution in [-0.2, 0) is 14.3 Å². The van der Waals surface area contributed by atoms with Crippen LogP contribution in [0.15, 0.2) is 42.5 Å². The number of hydrogen-bond donors (Lipinski definition) is 1. The van der Waals surface area contributed by atoms with Crippen molar-refractivity contribution in [2.24, 2.45) is 0 Å². The lowest BCUT2D eigenvalue weighted by Crippen LogP contribution is -2.44. The van der Waals surface area contributed by atoms with E-state index in [-0.39, 0.29) is 31.1 Å². The molecule has 1 heterocycles. The van der Waals surface area contributed by atoms with Crippen molar-refractivity contribution in [2.45, 2.75) is 39.7 Å². The molecule has 172 valence electrons. The molecule has 2 aromatic rings. The smallest absolute Gasteiger partial charge is 0.261 e. The summed E-state index contributed by atoms with van der Waals surface area (Å²) >= 11 is 0. The fourth-order valence-electron chi connectivity index (χ4n) is 3.61. The Kier molecular flexibility index (Phi) is 8.50. The van der Waals surface area contributed by atoms with E-state index in [0.717, 1.165) is 29.7 Å². The molecular weight excluding hydrogens is 408 g/mol. The van der Waals surface area contributed by atoms with Gasteiger partial charge in [-0.05, 0) is 62.9 Å². The van der Waals surface area contributed by atoms with Gasteiger partial charge in [-0.2, -0.15) is 0 Å². The number of amides is 2. The van der Waals surface area contributed by atoms with E-state index in [4.69, 9.17) is 14.2 Å². The zero-order chi connectivity index (χ0) is 22.9. The van der Waals surface area contributed by atoms with Crippen LogP contribution in [-0.4, -0.2) is 55.7 Å². The molecule has 1 saturated heterocycles. The van der Waals surface area contributed by atoms with Crippen LogP contribution >= 0.6 is 0 Å². The Labute approximate surface area is 189 Å². The zero-order valence-electron chi connectivity index (χ0n) is 19.1. The van der Waals surface area contributed by atoms with Crippen molar-refractivity contribution in [3.63, 3.8) is 0 Å². The molecule has 0 radical (unpaired) electrons. The first-order chi connectivity index (χ1) is 15.5. The van der Waals surface area contributed by atoms with Gasteiger partial charge in [-0.3, -0.25) is 9.59 Å². The third kappa shape index (κ3) is 6.47. The van der Waals surface area contributed by atoms with E-state index in [1.165, 1.54) is 4.90 Å². The highest BCUT2D eigenvalue weighted by Crippen LogP contribution is 2.26. The summed E-state index contributed by atoms with van der Waals surface area (Å²) in [5.41, 5.74) is 2.85. The molecule has 7 nitrogen and oxygen atoms in total. The number of carbonyl (C=O) groups is 2. The minimum absolute atomic E-state index is 0.0665. The minimum Gasteiger partial charge on any atom is -0.490 e. The maximum Gasteiger partial charge on any atom is 0.261 e. The van der Waals surface area contributed by atoms with Crippen LogP contribution < -0.4 is 14.8 Å². The number of nitrogens with one attached hydrogen (secondary N) is 1. The topological polar surface area (TPSA) is 77.1 Å². The van der Waals surface area contributed by atoms with Crippen molar-refractivity contribution >= 4 is 17.5 Å². The Morgan fingerprint density at radius 1 is 1.09 bits per heavy atom. The average Bonchev–Trinajstić information content (AvgIpc) is 3.29. The lowest BCUT2D eigenvalue weighted by Gasteiger charge is -2.25. The molecule has 0 spiro atoms. The maximum absolute atomic E-state index is 13.0. The van der Waals surface area contributed by atoms with E-state index >= 15 is 0 Å². The van der Waals surface area contributed by atoms with Gasteiger partial charge in [-0.15, -0.1) is 0 Å². The molecule has 2 aromatic carbocycles. The highest BCUT2D eigenvalue weighted by molar-refractivity contribution is 5.95. The first-order valence-corrected chi connectivity index (χ1v) is 11.1. The third-order valence-corrected chi connectivity index (χ3v) is 5.51. The van der Waals surface area contributed by atoms with Gasteiger partial charge in [0, 0.05) is 18.8 Å². The van der Waals surface area contributed by atoms with Crippen molar-refractivity contribution in [1.29, 1.82) is 0 Å². The van der Waals surface area contributed by atoms with E-state index in [1.54, 1.807) is 12.1 Å². The molecule has 1 aliphatic heterocycles. The monoisotopic (exact) mass is 440 g/mol. The number of ether oxygens (including phenoxy) is 3. The number of aryl methyl sites for hydroxylation is 1. The fourth-order valence-corrected chi connectivity index (χ4v) is 3.61. The van der Waals surface area contributed by atoms with E-state index in [0.29, 0.717) is 31.3 Å². The van der Waals surface area contributed by atoms with Gasteiger partial charge < -0.3 is 24.4 Å². The standard InChI is InChI=1S/C25H32N2O5/c1-4-30-22-12-5-6-13-23(22)32-17-25(29)27(15-20-10-8-14-31-20)16-24(28)26-21-11-7-9-18(2)19(21)3/h5-7,9,11-13,20H,4,8,10,14-17H2,1-3H3,(H,26,28)/t20-/m0/s1. The largest absolute Gasteiger partial charge is 0.490 e. The Hall–Kier alpha value is -3.06. The highest BCUT2D eigenvalue weighted by Gasteiger charge is 2.25. The number of hydrogen-bond acceptors (Lipinski definition) is 5. The zero-order valence-corrected chi connectivity index (χ0v) is 19.1. The van der Waals surface area contributed by atoms with Crippen molar-refractivity contribution in [1.82, 2.24) is 4.90 Å². The Bertz CT molecular complexity index is 924. The molecule has 3 rings (SSSR count). The van der Waals surface area contributed by atoms with Gasteiger partial charge in [0.05, 0.1) is 12.7 Å². The first-order valence-electron chi connectivity index (χ1n) is 11.1. The first kappa shape index (κ1) is 23.6. The second-order valence-electron chi connectivity index (χ2n) is 7.87. The van der Waals surface area contributed by atoms with Gasteiger partial charge in [0.15, 0.2) is 18.1 Å². The molecular formula is C25H32N2O5. The fraction of sp³-hybridized carbons (Fsp3) is 0.440. The van der Waals surface area contributed by atoms with Crippen molar-refractivity contribution in [2.75, 3.05) is 38.2 Å². The quantitative estimate of drug-likeness (QED) is 0.609. The minimum atomic E-state index is -0.275. The number of carbonyl (C=O) groups excluding carboxylic acids is 2. The predicted octanol–water partition coefficient (Wildman–Crippen LogP) is 3.73. The Morgan fingerprint density at radius 2 is 1.84 bits per heavy atom. The van der Waals surface area contributed by atoms with Crippen LogP contribution in [0.2, 0.25) is 0 Å². The predicted molar refractivity (Wildman–Crippen MR) is 123 cm³/mol.